The fourth-order valence-electron chi connectivity index (χ4n) is 4.18. The van der Waals surface area contributed by atoms with E-state index in [0.717, 1.165) is 48.5 Å². The van der Waals surface area contributed by atoms with E-state index < -0.39 is 0 Å². The molecule has 1 aromatic rings. The molecule has 0 aromatic carbocycles. The number of nitrogen functional groups attached to an aromatic ring is 1. The van der Waals surface area contributed by atoms with Gasteiger partial charge in [-0.15, -0.1) is 0 Å². The molecule has 0 unspecified atom stereocenters. The van der Waals surface area contributed by atoms with Crippen LogP contribution in [0.25, 0.3) is 0 Å². The maximum absolute atomic E-state index is 6.15. The minimum Gasteiger partial charge on any atom is -0.383 e. The first-order valence-corrected chi connectivity index (χ1v) is 11.2. The van der Waals surface area contributed by atoms with Crippen molar-refractivity contribution in [3.05, 3.63) is 17.1 Å². The molecule has 2 aliphatic rings. The van der Waals surface area contributed by atoms with Gasteiger partial charge in [0.2, 0.25) is 0 Å². The number of likely N-dealkylation sites (tertiary alicyclic amines) is 1. The maximum atomic E-state index is 6.15. The van der Waals surface area contributed by atoms with Crippen molar-refractivity contribution < 1.29 is 0 Å². The van der Waals surface area contributed by atoms with Gasteiger partial charge in [-0.3, -0.25) is 4.99 Å². The summed E-state index contributed by atoms with van der Waals surface area (Å²) in [6, 6.07) is 0. The zero-order valence-corrected chi connectivity index (χ0v) is 17.2. The molecule has 1 saturated heterocycles. The number of rotatable bonds is 11. The highest BCUT2D eigenvalue weighted by atomic mass is 15.1. The van der Waals surface area contributed by atoms with Crippen LogP contribution in [0.5, 0.6) is 0 Å². The number of aliphatic imine (C=N–C) groups is 1. The van der Waals surface area contributed by atoms with Gasteiger partial charge >= 0.3 is 0 Å². The molecule has 0 atom stereocenters. The van der Waals surface area contributed by atoms with Crippen LogP contribution in [-0.2, 0) is 13.0 Å². The molecule has 5 heteroatoms. The van der Waals surface area contributed by atoms with Crippen LogP contribution < -0.4 is 5.73 Å². The number of piperidine rings is 1. The Balaban J connectivity index is 1.35. The van der Waals surface area contributed by atoms with Crippen LogP contribution in [-0.4, -0.2) is 40.2 Å². The van der Waals surface area contributed by atoms with Gasteiger partial charge < -0.3 is 10.6 Å². The highest BCUT2D eigenvalue weighted by molar-refractivity contribution is 6.02. The lowest BCUT2D eigenvalue weighted by Crippen LogP contribution is -2.30. The average molecular weight is 372 g/mol. The topological polar surface area (TPSA) is 67.4 Å². The molecule has 0 aliphatic carbocycles. The van der Waals surface area contributed by atoms with Gasteiger partial charge in [0.1, 0.15) is 11.6 Å². The van der Waals surface area contributed by atoms with E-state index in [0.29, 0.717) is 12.4 Å². The smallest absolute Gasteiger partial charge is 0.132 e. The van der Waals surface area contributed by atoms with Gasteiger partial charge in [-0.2, -0.15) is 0 Å². The molecule has 0 saturated carbocycles. The number of nitrogens with two attached hydrogens (primary N) is 1. The molecule has 5 nitrogen and oxygen atoms in total. The fraction of sp³-hybridized carbons (Fsp3) is 0.773. The van der Waals surface area contributed by atoms with Crippen LogP contribution in [0.15, 0.2) is 4.99 Å². The Morgan fingerprint density at radius 3 is 2.48 bits per heavy atom. The lowest BCUT2D eigenvalue weighted by Gasteiger charge is -2.26. The summed E-state index contributed by atoms with van der Waals surface area (Å²) in [5.41, 5.74) is 9.40. The molecule has 0 amide bonds. The van der Waals surface area contributed by atoms with Gasteiger partial charge in [-0.1, -0.05) is 39.0 Å². The van der Waals surface area contributed by atoms with Crippen molar-refractivity contribution in [1.29, 1.82) is 0 Å². The number of anilines is 1. The zero-order chi connectivity index (χ0) is 18.9. The molecule has 1 fully saturated rings. The van der Waals surface area contributed by atoms with Crippen LogP contribution >= 0.6 is 0 Å². The predicted octanol–water partition coefficient (Wildman–Crippen LogP) is 4.53. The fourth-order valence-corrected chi connectivity index (χ4v) is 4.18. The third-order valence-electron chi connectivity index (χ3n) is 5.88. The van der Waals surface area contributed by atoms with Gasteiger partial charge in [0.25, 0.3) is 0 Å². The molecule has 0 radical (unpaired) electrons. The molecule has 2 N–H and O–H groups in total. The van der Waals surface area contributed by atoms with Gasteiger partial charge in [0.05, 0.1) is 18.0 Å². The number of fused-ring (bicyclic) bond motifs is 1. The first-order chi connectivity index (χ1) is 13.3. The molecule has 3 heterocycles. The predicted molar refractivity (Wildman–Crippen MR) is 113 cm³/mol. The second-order valence-corrected chi connectivity index (χ2v) is 8.14. The average Bonchev–Trinajstić information content (AvgIpc) is 3.10. The normalized spacial score (nSPS) is 17.1. The lowest BCUT2D eigenvalue weighted by atomic mass is 10.0. The Bertz CT molecular complexity index is 619. The van der Waals surface area contributed by atoms with Crippen LogP contribution in [0.1, 0.15) is 94.6 Å². The van der Waals surface area contributed by atoms with E-state index >= 15 is 0 Å². The Kier molecular flexibility index (Phi) is 8.06. The Hall–Kier alpha value is -1.49. The summed E-state index contributed by atoms with van der Waals surface area (Å²) in [5, 5.41) is 0. The van der Waals surface area contributed by atoms with Crippen LogP contribution in [0.2, 0.25) is 0 Å². The molecule has 27 heavy (non-hydrogen) atoms. The van der Waals surface area contributed by atoms with E-state index in [1.54, 1.807) is 0 Å². The number of hydrogen-bond donors (Lipinski definition) is 1. The Morgan fingerprint density at radius 2 is 1.67 bits per heavy atom. The van der Waals surface area contributed by atoms with Crippen molar-refractivity contribution in [2.75, 3.05) is 25.4 Å². The summed E-state index contributed by atoms with van der Waals surface area (Å²) in [7, 11) is 0. The molecule has 2 aliphatic heterocycles. The van der Waals surface area contributed by atoms with Crippen molar-refractivity contribution in [2.45, 2.75) is 90.5 Å². The summed E-state index contributed by atoms with van der Waals surface area (Å²) in [6.07, 6.45) is 15.0. The second-order valence-electron chi connectivity index (χ2n) is 8.14. The zero-order valence-electron chi connectivity index (χ0n) is 17.2. The molecule has 1 aromatic heterocycles. The quantitative estimate of drug-likeness (QED) is 0.580. The van der Waals surface area contributed by atoms with Crippen LogP contribution in [0.3, 0.4) is 0 Å². The minimum atomic E-state index is 0.641. The third kappa shape index (κ3) is 6.00. The standard InChI is InChI=1S/C22H37N5/c1-2-3-13-20-25-21-18(22(23)26-20)17-24-19(21)12-8-5-4-6-9-14-27-15-10-7-11-16-27/h2-17H2,1H3,(H2,23,25,26). The van der Waals surface area contributed by atoms with Gasteiger partial charge in [-0.25, -0.2) is 9.97 Å². The highest BCUT2D eigenvalue weighted by Gasteiger charge is 2.21. The number of nitrogens with zero attached hydrogens (tertiary/aromatic N) is 4. The minimum absolute atomic E-state index is 0.641. The van der Waals surface area contributed by atoms with Crippen molar-refractivity contribution in [3.8, 4) is 0 Å². The summed E-state index contributed by atoms with van der Waals surface area (Å²) in [5.74, 6) is 1.53. The summed E-state index contributed by atoms with van der Waals surface area (Å²) < 4.78 is 0. The summed E-state index contributed by atoms with van der Waals surface area (Å²) >= 11 is 0. The number of aryl methyl sites for hydroxylation is 1. The summed E-state index contributed by atoms with van der Waals surface area (Å²) in [6.45, 7) is 6.81. The Labute approximate surface area is 164 Å². The van der Waals surface area contributed by atoms with E-state index in [2.05, 4.69) is 16.8 Å². The monoisotopic (exact) mass is 371 g/mol. The largest absolute Gasteiger partial charge is 0.383 e. The maximum Gasteiger partial charge on any atom is 0.132 e. The molecule has 0 bridgehead atoms. The highest BCUT2D eigenvalue weighted by Crippen LogP contribution is 2.25. The van der Waals surface area contributed by atoms with Crippen LogP contribution in [0, 0.1) is 0 Å². The molecule has 150 valence electrons. The number of hydrogen-bond acceptors (Lipinski definition) is 5. The summed E-state index contributed by atoms with van der Waals surface area (Å²) in [4.78, 5) is 16.6. The van der Waals surface area contributed by atoms with Crippen molar-refractivity contribution >= 4 is 11.5 Å². The SMILES string of the molecule is CCCCc1nc(N)c2c(n1)C(CCCCCCCN1CCCCC1)=NC2. The van der Waals surface area contributed by atoms with Gasteiger partial charge in [0.15, 0.2) is 0 Å². The van der Waals surface area contributed by atoms with Gasteiger partial charge in [-0.05, 0) is 58.2 Å². The van der Waals surface area contributed by atoms with Crippen molar-refractivity contribution in [3.63, 3.8) is 0 Å². The van der Waals surface area contributed by atoms with E-state index in [-0.39, 0.29) is 0 Å². The van der Waals surface area contributed by atoms with E-state index in [4.69, 9.17) is 15.7 Å². The van der Waals surface area contributed by atoms with Crippen LogP contribution in [0.4, 0.5) is 5.82 Å². The Morgan fingerprint density at radius 1 is 0.889 bits per heavy atom. The molecular formula is C22H37N5. The third-order valence-corrected chi connectivity index (χ3v) is 5.88. The van der Waals surface area contributed by atoms with Crippen molar-refractivity contribution in [2.24, 2.45) is 4.99 Å². The second kappa shape index (κ2) is 10.7. The number of unbranched alkanes of at least 4 members (excludes halogenated alkanes) is 5. The molecule has 0 spiro atoms. The van der Waals surface area contributed by atoms with Crippen molar-refractivity contribution in [1.82, 2.24) is 14.9 Å². The number of aromatic nitrogens is 2. The van der Waals surface area contributed by atoms with E-state index in [1.807, 2.05) is 0 Å². The first kappa shape index (κ1) is 20.2. The molecular weight excluding hydrogens is 334 g/mol. The first-order valence-electron chi connectivity index (χ1n) is 11.2. The van der Waals surface area contributed by atoms with Gasteiger partial charge in [0, 0.05) is 12.0 Å². The van der Waals surface area contributed by atoms with E-state index in [9.17, 15) is 0 Å². The van der Waals surface area contributed by atoms with E-state index in [1.165, 1.54) is 71.0 Å². The molecule has 3 rings (SSSR count). The lowest BCUT2D eigenvalue weighted by molar-refractivity contribution is 0.224.